The lowest BCUT2D eigenvalue weighted by Crippen LogP contribution is -2.27. The van der Waals surface area contributed by atoms with Crippen LogP contribution in [0.25, 0.3) is 11.0 Å². The first-order valence-electron chi connectivity index (χ1n) is 7.98. The minimum Gasteiger partial charge on any atom is -0.304 e. The van der Waals surface area contributed by atoms with E-state index in [0.29, 0.717) is 11.5 Å². The van der Waals surface area contributed by atoms with Gasteiger partial charge in [0.05, 0.1) is 17.1 Å². The highest BCUT2D eigenvalue weighted by molar-refractivity contribution is 5.95. The summed E-state index contributed by atoms with van der Waals surface area (Å²) in [5, 5.41) is 11.9. The van der Waals surface area contributed by atoms with Gasteiger partial charge in [0.1, 0.15) is 5.52 Å². The van der Waals surface area contributed by atoms with E-state index in [1.54, 1.807) is 10.6 Å². The number of rotatable bonds is 2. The lowest BCUT2D eigenvalue weighted by atomic mass is 10.1. The van der Waals surface area contributed by atoms with Crippen LogP contribution in [0.5, 0.6) is 0 Å². The maximum atomic E-state index is 14.3. The topological polar surface area (TPSA) is 70.7 Å². The molecule has 126 valence electrons. The minimum atomic E-state index is -0.561. The number of hydrogen-bond donors (Lipinski definition) is 1. The van der Waals surface area contributed by atoms with Crippen molar-refractivity contribution in [3.63, 3.8) is 0 Å². The smallest absolute Gasteiger partial charge is 0.230 e. The van der Waals surface area contributed by atoms with Gasteiger partial charge in [0.2, 0.25) is 11.9 Å². The number of fused-ring (bicyclic) bond motifs is 1. The Labute approximate surface area is 140 Å². The Hall–Kier alpha value is -2.42. The fraction of sp³-hybridized carbons (Fsp3) is 0.500. The number of imidazole rings is 1. The molecule has 0 unspecified atom stereocenters. The number of benzene rings is 1. The van der Waals surface area contributed by atoms with Gasteiger partial charge in [0.25, 0.3) is 0 Å². The Morgan fingerprint density at radius 2 is 2.08 bits per heavy atom. The molecule has 5 nitrogen and oxygen atoms in total. The Balaban J connectivity index is 2.12. The van der Waals surface area contributed by atoms with Crippen LogP contribution in [-0.4, -0.2) is 15.5 Å². The van der Waals surface area contributed by atoms with Crippen LogP contribution >= 0.6 is 0 Å². The van der Waals surface area contributed by atoms with E-state index in [9.17, 15) is 9.18 Å². The molecule has 1 aliphatic rings. The van der Waals surface area contributed by atoms with Gasteiger partial charge >= 0.3 is 0 Å². The summed E-state index contributed by atoms with van der Waals surface area (Å²) in [6.07, 6.45) is 0.835. The van der Waals surface area contributed by atoms with Crippen LogP contribution in [0.2, 0.25) is 0 Å². The molecule has 1 fully saturated rings. The van der Waals surface area contributed by atoms with Crippen molar-refractivity contribution in [2.24, 2.45) is 11.3 Å². The summed E-state index contributed by atoms with van der Waals surface area (Å²) in [7, 11) is 0. The maximum absolute atomic E-state index is 14.3. The number of nitrogens with zero attached hydrogens (tertiary/aromatic N) is 3. The van der Waals surface area contributed by atoms with Gasteiger partial charge in [0, 0.05) is 11.5 Å². The van der Waals surface area contributed by atoms with E-state index in [2.05, 4.69) is 10.3 Å². The molecule has 6 heteroatoms. The first-order chi connectivity index (χ1) is 11.0. The highest BCUT2D eigenvalue weighted by Gasteiger charge is 2.50. The van der Waals surface area contributed by atoms with E-state index < -0.39 is 11.4 Å². The summed E-state index contributed by atoms with van der Waals surface area (Å²) in [4.78, 5) is 16.7. The number of hydrogen-bond acceptors (Lipinski definition) is 3. The van der Waals surface area contributed by atoms with Crippen LogP contribution in [-0.2, 0) is 10.3 Å². The van der Waals surface area contributed by atoms with E-state index in [0.717, 1.165) is 12.5 Å². The highest BCUT2D eigenvalue weighted by Crippen LogP contribution is 2.52. The first kappa shape index (κ1) is 16.4. The quantitative estimate of drug-likeness (QED) is 0.912. The summed E-state index contributed by atoms with van der Waals surface area (Å²) >= 11 is 0. The number of anilines is 1. The Kier molecular flexibility index (Phi) is 3.45. The van der Waals surface area contributed by atoms with Gasteiger partial charge in [-0.1, -0.05) is 13.8 Å². The predicted octanol–water partition coefficient (Wildman–Crippen LogP) is 3.79. The molecule has 1 aromatic carbocycles. The molecule has 0 bridgehead atoms. The van der Waals surface area contributed by atoms with Crippen LogP contribution < -0.4 is 5.32 Å². The standard InChI is InChI=1S/C18H21FN4O/c1-17(2,3)23-13-7-10(9-20)6-12(19)14(13)21-16(23)22-15(24)11-8-18(11,4)5/h6-7,11H,8H2,1-5H3,(H,21,22,24)/t11-/m1/s1. The second kappa shape index (κ2) is 5.04. The summed E-state index contributed by atoms with van der Waals surface area (Å²) in [5.74, 6) is -0.388. The molecular weight excluding hydrogens is 307 g/mol. The zero-order valence-electron chi connectivity index (χ0n) is 14.6. The van der Waals surface area contributed by atoms with Gasteiger partial charge in [-0.15, -0.1) is 0 Å². The zero-order valence-corrected chi connectivity index (χ0v) is 14.6. The second-order valence-corrected chi connectivity index (χ2v) is 8.11. The molecule has 1 heterocycles. The molecule has 0 radical (unpaired) electrons. The van der Waals surface area contributed by atoms with Gasteiger partial charge in [-0.25, -0.2) is 9.37 Å². The van der Waals surface area contributed by atoms with Crippen molar-refractivity contribution >= 4 is 22.9 Å². The normalized spacial score (nSPS) is 19.1. The maximum Gasteiger partial charge on any atom is 0.230 e. The molecule has 1 aliphatic carbocycles. The Morgan fingerprint density at radius 3 is 2.58 bits per heavy atom. The predicted molar refractivity (Wildman–Crippen MR) is 89.9 cm³/mol. The summed E-state index contributed by atoms with van der Waals surface area (Å²) in [5.41, 5.74) is 0.462. The SMILES string of the molecule is CC1(C)C[C@@H]1C(=O)Nc1nc2c(F)cc(C#N)cc2n1C(C)(C)C. The Morgan fingerprint density at radius 1 is 1.46 bits per heavy atom. The third kappa shape index (κ3) is 2.64. The van der Waals surface area contributed by atoms with Crippen molar-refractivity contribution in [2.75, 3.05) is 5.32 Å². The van der Waals surface area contributed by atoms with E-state index >= 15 is 0 Å². The van der Waals surface area contributed by atoms with E-state index in [4.69, 9.17) is 5.26 Å². The van der Waals surface area contributed by atoms with Gasteiger partial charge in [-0.05, 0) is 44.7 Å². The van der Waals surface area contributed by atoms with Crippen LogP contribution in [0.4, 0.5) is 10.3 Å². The average molecular weight is 328 g/mol. The highest BCUT2D eigenvalue weighted by atomic mass is 19.1. The van der Waals surface area contributed by atoms with Crippen LogP contribution in [0.1, 0.15) is 46.6 Å². The average Bonchev–Trinajstić information content (AvgIpc) is 2.92. The van der Waals surface area contributed by atoms with Crippen LogP contribution in [0.15, 0.2) is 12.1 Å². The van der Waals surface area contributed by atoms with Gasteiger partial charge in [-0.3, -0.25) is 10.1 Å². The van der Waals surface area contributed by atoms with Gasteiger partial charge in [0.15, 0.2) is 5.82 Å². The first-order valence-corrected chi connectivity index (χ1v) is 7.98. The summed E-state index contributed by atoms with van der Waals surface area (Å²) in [6.45, 7) is 9.93. The van der Waals surface area contributed by atoms with Crippen LogP contribution in [0, 0.1) is 28.5 Å². The molecular formula is C18H21FN4O. The molecule has 3 rings (SSSR count). The van der Waals surface area contributed by atoms with Crippen molar-refractivity contribution in [3.05, 3.63) is 23.5 Å². The third-order valence-electron chi connectivity index (χ3n) is 4.58. The van der Waals surface area contributed by atoms with Crippen LogP contribution in [0.3, 0.4) is 0 Å². The lowest BCUT2D eigenvalue weighted by Gasteiger charge is -2.24. The molecule has 1 amide bonds. The van der Waals surface area contributed by atoms with Gasteiger partial charge in [-0.2, -0.15) is 5.26 Å². The monoisotopic (exact) mass is 328 g/mol. The summed E-state index contributed by atoms with van der Waals surface area (Å²) in [6, 6.07) is 4.73. The number of nitriles is 1. The molecule has 24 heavy (non-hydrogen) atoms. The Bertz CT molecular complexity index is 883. The number of carbonyl (C=O) groups excluding carboxylic acids is 1. The molecule has 0 aliphatic heterocycles. The van der Waals surface area contributed by atoms with Gasteiger partial charge < -0.3 is 4.57 Å². The molecule has 1 saturated carbocycles. The number of carbonyl (C=O) groups is 1. The lowest BCUT2D eigenvalue weighted by molar-refractivity contribution is -0.118. The second-order valence-electron chi connectivity index (χ2n) is 8.11. The molecule has 1 atom stereocenters. The van der Waals surface area contributed by atoms with Crippen molar-refractivity contribution in [1.29, 1.82) is 5.26 Å². The van der Waals surface area contributed by atoms with E-state index in [1.165, 1.54) is 0 Å². The largest absolute Gasteiger partial charge is 0.304 e. The number of aromatic nitrogens is 2. The minimum absolute atomic E-state index is 0.00187. The van der Waals surface area contributed by atoms with E-state index in [1.807, 2.05) is 40.7 Å². The molecule has 1 N–H and O–H groups in total. The van der Waals surface area contributed by atoms with Crippen molar-refractivity contribution < 1.29 is 9.18 Å². The molecule has 1 aromatic heterocycles. The fourth-order valence-corrected chi connectivity index (χ4v) is 3.08. The molecule has 2 aromatic rings. The number of halogens is 1. The third-order valence-corrected chi connectivity index (χ3v) is 4.58. The molecule has 0 saturated heterocycles. The van der Waals surface area contributed by atoms with Crippen molar-refractivity contribution in [2.45, 2.75) is 46.6 Å². The summed E-state index contributed by atoms with van der Waals surface area (Å²) < 4.78 is 16.1. The fourth-order valence-electron chi connectivity index (χ4n) is 3.08. The van der Waals surface area contributed by atoms with E-state index in [-0.39, 0.29) is 28.3 Å². The van der Waals surface area contributed by atoms with Crippen molar-refractivity contribution in [1.82, 2.24) is 9.55 Å². The van der Waals surface area contributed by atoms with Crippen molar-refractivity contribution in [3.8, 4) is 6.07 Å². The number of amides is 1. The number of nitrogens with one attached hydrogen (secondary N) is 1. The zero-order chi connectivity index (χ0) is 17.9. The molecule has 0 spiro atoms.